The number of imidazole rings is 1. The Kier molecular flexibility index (Phi) is 9.23. The van der Waals surface area contributed by atoms with Crippen molar-refractivity contribution < 1.29 is 67.0 Å². The molecule has 2 fully saturated rings. The molecule has 0 aromatic carbocycles. The van der Waals surface area contributed by atoms with Crippen LogP contribution >= 0.6 is 15.6 Å². The van der Waals surface area contributed by atoms with Crippen molar-refractivity contribution in [2.75, 3.05) is 19.8 Å². The van der Waals surface area contributed by atoms with Crippen LogP contribution < -0.4 is 11.3 Å². The molecule has 0 radical (unpaired) electrons. The van der Waals surface area contributed by atoms with Gasteiger partial charge < -0.3 is 55.3 Å². The van der Waals surface area contributed by atoms with E-state index in [0.717, 1.165) is 17.2 Å². The number of nitrogens with one attached hydrogen (secondary N) is 1. The van der Waals surface area contributed by atoms with Gasteiger partial charge in [0.1, 0.15) is 36.6 Å². The molecule has 2 aromatic rings. The molecular formula is C21H28N6O15P2. The van der Waals surface area contributed by atoms with E-state index in [4.69, 9.17) is 15.2 Å². The van der Waals surface area contributed by atoms with Crippen LogP contribution in [0.25, 0.3) is 11.2 Å². The molecule has 23 heteroatoms. The topological polar surface area (TPSA) is 312 Å². The van der Waals surface area contributed by atoms with Gasteiger partial charge in [-0.25, -0.2) is 19.1 Å². The zero-order valence-electron chi connectivity index (χ0n) is 22.2. The quantitative estimate of drug-likeness (QED) is 0.109. The van der Waals surface area contributed by atoms with Gasteiger partial charge in [-0.1, -0.05) is 6.08 Å². The predicted molar refractivity (Wildman–Crippen MR) is 141 cm³/mol. The lowest BCUT2D eigenvalue weighted by Crippen LogP contribution is -2.43. The number of nitrogens with two attached hydrogens (primary N) is 1. The highest BCUT2D eigenvalue weighted by atomic mass is 31.3. The van der Waals surface area contributed by atoms with Crippen LogP contribution in [0.5, 0.6) is 0 Å². The third kappa shape index (κ3) is 6.70. The average Bonchev–Trinajstić information content (AvgIpc) is 3.61. The Bertz CT molecular complexity index is 1610. The van der Waals surface area contributed by atoms with E-state index in [2.05, 4.69) is 28.3 Å². The number of hydrogen-bond donors (Lipinski definition) is 8. The SMILES string of the molecule is NC(=O)C1=CC=CN([C@@H]2O[C@H](COP(=O)(O)OP(=O)(O)OC[C@H]3O[C@@H](n4cnc5c(=O)[nH]cnc54)[C@H](O)[C@@H]3O)[C@@H](O)[C@H]2O)C1. The summed E-state index contributed by atoms with van der Waals surface area (Å²) in [5.41, 5.74) is 4.81. The van der Waals surface area contributed by atoms with Gasteiger partial charge in [-0.05, 0) is 6.08 Å². The lowest BCUT2D eigenvalue weighted by molar-refractivity contribution is -0.115. The number of aromatic nitrogens is 4. The fraction of sp³-hybridized carbons (Fsp3) is 0.524. The minimum absolute atomic E-state index is 0.0101. The van der Waals surface area contributed by atoms with Gasteiger partial charge in [-0.3, -0.25) is 23.2 Å². The van der Waals surface area contributed by atoms with E-state index in [1.807, 2.05) is 0 Å². The first-order chi connectivity index (χ1) is 20.7. The van der Waals surface area contributed by atoms with Crippen LogP contribution in [0.4, 0.5) is 0 Å². The molecule has 3 aliphatic rings. The number of hydrogen-bond acceptors (Lipinski definition) is 16. The molecule has 0 aliphatic carbocycles. The number of phosphoric ester groups is 2. The molecule has 10 atom stereocenters. The molecular weight excluding hydrogens is 638 g/mol. The molecule has 1 amide bonds. The Morgan fingerprint density at radius 1 is 1.00 bits per heavy atom. The van der Waals surface area contributed by atoms with E-state index in [9.17, 15) is 48.9 Å². The van der Waals surface area contributed by atoms with Gasteiger partial charge in [0.25, 0.3) is 5.56 Å². The molecule has 0 bridgehead atoms. The van der Waals surface area contributed by atoms with E-state index in [0.29, 0.717) is 0 Å². The minimum Gasteiger partial charge on any atom is -0.387 e. The molecule has 2 aromatic heterocycles. The lowest BCUT2D eigenvalue weighted by atomic mass is 10.1. The van der Waals surface area contributed by atoms with E-state index in [1.54, 1.807) is 0 Å². The Hall–Kier alpha value is -2.88. The number of rotatable bonds is 11. The molecule has 2 saturated heterocycles. The third-order valence-corrected chi connectivity index (χ3v) is 9.50. The smallest absolute Gasteiger partial charge is 0.387 e. The van der Waals surface area contributed by atoms with Crippen LogP contribution in [0.3, 0.4) is 0 Å². The maximum absolute atomic E-state index is 12.4. The van der Waals surface area contributed by atoms with Crippen molar-refractivity contribution in [3.63, 3.8) is 0 Å². The van der Waals surface area contributed by atoms with Crippen molar-refractivity contribution in [2.24, 2.45) is 5.73 Å². The van der Waals surface area contributed by atoms with E-state index in [-0.39, 0.29) is 23.3 Å². The van der Waals surface area contributed by atoms with Gasteiger partial charge in [0.05, 0.1) is 32.4 Å². The normalized spacial score (nSPS) is 33.3. The number of fused-ring (bicyclic) bond motifs is 1. The Morgan fingerprint density at radius 3 is 2.20 bits per heavy atom. The van der Waals surface area contributed by atoms with E-state index < -0.39 is 89.4 Å². The second-order valence-corrected chi connectivity index (χ2v) is 12.9. The van der Waals surface area contributed by atoms with Crippen molar-refractivity contribution in [1.29, 1.82) is 0 Å². The van der Waals surface area contributed by atoms with Crippen LogP contribution in [0, 0.1) is 0 Å². The Morgan fingerprint density at radius 2 is 1.59 bits per heavy atom. The number of aromatic amines is 1. The first-order valence-corrected chi connectivity index (χ1v) is 15.7. The molecule has 0 saturated carbocycles. The summed E-state index contributed by atoms with van der Waals surface area (Å²) in [6.07, 6.45) is -5.39. The summed E-state index contributed by atoms with van der Waals surface area (Å²) in [7, 11) is -10.8. The zero-order chi connectivity index (χ0) is 32.0. The summed E-state index contributed by atoms with van der Waals surface area (Å²) in [4.78, 5) is 54.9. The number of primary amides is 1. The average molecular weight is 666 g/mol. The molecule has 21 nitrogen and oxygen atoms in total. The molecule has 3 aliphatic heterocycles. The number of ether oxygens (including phenoxy) is 2. The van der Waals surface area contributed by atoms with Crippen molar-refractivity contribution in [3.05, 3.63) is 46.9 Å². The monoisotopic (exact) mass is 666 g/mol. The van der Waals surface area contributed by atoms with Crippen molar-refractivity contribution in [2.45, 2.75) is 49.1 Å². The van der Waals surface area contributed by atoms with E-state index in [1.165, 1.54) is 23.3 Å². The maximum atomic E-state index is 12.4. The number of carbonyl (C=O) groups excluding carboxylic acids is 1. The largest absolute Gasteiger partial charge is 0.481 e. The molecule has 0 spiro atoms. The summed E-state index contributed by atoms with van der Waals surface area (Å²) in [5, 5.41) is 41.6. The molecule has 5 rings (SSSR count). The maximum Gasteiger partial charge on any atom is 0.481 e. The van der Waals surface area contributed by atoms with Gasteiger partial charge in [0.2, 0.25) is 5.91 Å². The fourth-order valence-electron chi connectivity index (χ4n) is 4.71. The fourth-order valence-corrected chi connectivity index (χ4v) is 6.80. The number of aliphatic hydroxyl groups excluding tert-OH is 4. The molecule has 242 valence electrons. The highest BCUT2D eigenvalue weighted by Gasteiger charge is 2.48. The summed E-state index contributed by atoms with van der Waals surface area (Å²) in [6, 6.07) is 0. The predicted octanol–water partition coefficient (Wildman–Crippen LogP) is -3.32. The highest BCUT2D eigenvalue weighted by molar-refractivity contribution is 7.61. The summed E-state index contributed by atoms with van der Waals surface area (Å²) >= 11 is 0. The number of carbonyl (C=O) groups is 1. The van der Waals surface area contributed by atoms with Gasteiger partial charge >= 0.3 is 15.6 Å². The number of amides is 1. The van der Waals surface area contributed by atoms with E-state index >= 15 is 0 Å². The van der Waals surface area contributed by atoms with Crippen LogP contribution in [-0.4, -0.2) is 123 Å². The first kappa shape index (κ1) is 32.5. The second kappa shape index (κ2) is 12.5. The van der Waals surface area contributed by atoms with Gasteiger partial charge in [-0.2, -0.15) is 4.31 Å². The van der Waals surface area contributed by atoms with Crippen molar-refractivity contribution in [3.8, 4) is 0 Å². The number of allylic oxidation sites excluding steroid dienone is 2. The van der Waals surface area contributed by atoms with Crippen LogP contribution in [0.1, 0.15) is 6.23 Å². The second-order valence-electron chi connectivity index (χ2n) is 9.83. The number of H-pyrrole nitrogens is 1. The summed E-state index contributed by atoms with van der Waals surface area (Å²) in [5.74, 6) is -0.715. The Balaban J connectivity index is 1.14. The lowest BCUT2D eigenvalue weighted by Gasteiger charge is -2.31. The summed E-state index contributed by atoms with van der Waals surface area (Å²) in [6.45, 7) is -1.88. The molecule has 9 N–H and O–H groups in total. The van der Waals surface area contributed by atoms with Crippen LogP contribution in [-0.2, 0) is 36.8 Å². The van der Waals surface area contributed by atoms with Crippen LogP contribution in [0.2, 0.25) is 0 Å². The van der Waals surface area contributed by atoms with Gasteiger partial charge in [0, 0.05) is 11.8 Å². The molecule has 2 unspecified atom stereocenters. The van der Waals surface area contributed by atoms with Crippen molar-refractivity contribution in [1.82, 2.24) is 24.4 Å². The molecule has 5 heterocycles. The first-order valence-electron chi connectivity index (χ1n) is 12.7. The third-order valence-electron chi connectivity index (χ3n) is 6.90. The summed E-state index contributed by atoms with van der Waals surface area (Å²) < 4.78 is 50.6. The van der Waals surface area contributed by atoms with Crippen molar-refractivity contribution >= 4 is 32.7 Å². The number of nitrogens with zero attached hydrogens (tertiary/aromatic N) is 4. The highest BCUT2D eigenvalue weighted by Crippen LogP contribution is 2.60. The van der Waals surface area contributed by atoms with Gasteiger partial charge in [-0.15, -0.1) is 0 Å². The zero-order valence-corrected chi connectivity index (χ0v) is 24.0. The van der Waals surface area contributed by atoms with Gasteiger partial charge in [0.15, 0.2) is 23.6 Å². The van der Waals surface area contributed by atoms with Crippen LogP contribution in [0.15, 0.2) is 41.4 Å². The Labute approximate surface area is 245 Å². The number of aliphatic hydroxyl groups is 4. The number of phosphoric acid groups is 2. The molecule has 44 heavy (non-hydrogen) atoms. The minimum atomic E-state index is -5.39. The standard InChI is InChI=1S/C21H28N6O15P2/c22-17(32)9-2-1-3-26(4-9)20-15(30)13(28)10(40-20)5-38-43(34,35)42-44(36,37)39-6-11-14(29)16(31)21(41-11)27-8-25-12-18(27)23-7-24-19(12)33/h1-3,7-8,10-11,13-16,20-21,28-31H,4-6H2,(H2,22,32)(H,34,35)(H,36,37)(H,23,24,33)/t10-,11-,13-,14-,15-,16-,20-,21-/m1/s1.